The summed E-state index contributed by atoms with van der Waals surface area (Å²) in [5.74, 6) is 0.375. The molecule has 1 aromatic rings. The van der Waals surface area contributed by atoms with Crippen molar-refractivity contribution in [3.63, 3.8) is 0 Å². The van der Waals surface area contributed by atoms with Gasteiger partial charge in [0.15, 0.2) is 6.29 Å². The molecule has 5 heteroatoms. The Kier molecular flexibility index (Phi) is 3.88. The average Bonchev–Trinajstić information content (AvgIpc) is 2.16. The van der Waals surface area contributed by atoms with Crippen molar-refractivity contribution in [1.82, 2.24) is 0 Å². The van der Waals surface area contributed by atoms with Crippen molar-refractivity contribution in [2.24, 2.45) is 0 Å². The number of ether oxygens (including phenoxy) is 1. The van der Waals surface area contributed by atoms with Gasteiger partial charge in [-0.3, -0.25) is 9.59 Å². The summed E-state index contributed by atoms with van der Waals surface area (Å²) in [6.45, 7) is 0. The minimum absolute atomic E-state index is 0.205. The molecule has 14 heavy (non-hydrogen) atoms. The summed E-state index contributed by atoms with van der Waals surface area (Å²) in [6.07, 6.45) is 0.671. The van der Waals surface area contributed by atoms with Crippen LogP contribution in [0, 0.1) is 3.57 Å². The van der Waals surface area contributed by atoms with Crippen LogP contribution in [0.1, 0.15) is 20.7 Å². The molecule has 0 fully saturated rings. The van der Waals surface area contributed by atoms with E-state index in [2.05, 4.69) is 0 Å². The van der Waals surface area contributed by atoms with E-state index in [0.29, 0.717) is 17.6 Å². The first-order chi connectivity index (χ1) is 6.60. The maximum atomic E-state index is 11.0. The van der Waals surface area contributed by atoms with Crippen LogP contribution in [-0.4, -0.2) is 18.6 Å². The Hall–Kier alpha value is -0.620. The third kappa shape index (κ3) is 2.24. The Morgan fingerprint density at radius 3 is 2.64 bits per heavy atom. The highest BCUT2D eigenvalue weighted by Crippen LogP contribution is 2.25. The number of aldehydes is 1. The molecule has 0 heterocycles. The molecule has 74 valence electrons. The number of benzene rings is 1. The summed E-state index contributed by atoms with van der Waals surface area (Å²) >= 11 is 7.31. The van der Waals surface area contributed by atoms with Gasteiger partial charge in [-0.15, -0.1) is 0 Å². The fourth-order valence-corrected chi connectivity index (χ4v) is 1.70. The van der Waals surface area contributed by atoms with E-state index in [-0.39, 0.29) is 5.56 Å². The van der Waals surface area contributed by atoms with E-state index in [1.54, 1.807) is 6.07 Å². The van der Waals surface area contributed by atoms with E-state index in [1.165, 1.54) is 13.2 Å². The lowest BCUT2D eigenvalue weighted by molar-refractivity contribution is 0.107. The minimum atomic E-state index is -0.638. The van der Waals surface area contributed by atoms with E-state index in [1.807, 2.05) is 22.6 Å². The first kappa shape index (κ1) is 11.5. The number of halogens is 2. The molecule has 0 radical (unpaired) electrons. The molecule has 0 unspecified atom stereocenters. The first-order valence-corrected chi connectivity index (χ1v) is 5.08. The number of rotatable bonds is 3. The standard InChI is InChI=1S/C9H6ClIO3/c1-14-8-3-7(11)5(4-12)2-6(8)9(10)13/h2-4H,1H3. The SMILES string of the molecule is COc1cc(I)c(C=O)cc1C(=O)Cl. The Bertz CT molecular complexity index is 390. The lowest BCUT2D eigenvalue weighted by Gasteiger charge is -2.06. The molecule has 0 saturated heterocycles. The molecule has 0 aliphatic carbocycles. The number of carbonyl (C=O) groups is 2. The van der Waals surface area contributed by atoms with Crippen LogP contribution in [0.15, 0.2) is 12.1 Å². The van der Waals surface area contributed by atoms with Crippen LogP contribution in [0.5, 0.6) is 5.75 Å². The molecule has 0 aliphatic heterocycles. The fraction of sp³-hybridized carbons (Fsp3) is 0.111. The molecule has 0 saturated carbocycles. The van der Waals surface area contributed by atoms with Gasteiger partial charge in [0.05, 0.1) is 12.7 Å². The topological polar surface area (TPSA) is 43.4 Å². The summed E-state index contributed by atoms with van der Waals surface area (Å²) in [7, 11) is 1.44. The summed E-state index contributed by atoms with van der Waals surface area (Å²) in [5.41, 5.74) is 0.632. The van der Waals surface area contributed by atoms with Crippen LogP contribution in [0.2, 0.25) is 0 Å². The highest BCUT2D eigenvalue weighted by molar-refractivity contribution is 14.1. The fourth-order valence-electron chi connectivity index (χ4n) is 0.985. The zero-order valence-electron chi connectivity index (χ0n) is 7.21. The van der Waals surface area contributed by atoms with Gasteiger partial charge in [-0.05, 0) is 46.3 Å². The third-order valence-electron chi connectivity index (χ3n) is 1.66. The summed E-state index contributed by atoms with van der Waals surface area (Å²) in [4.78, 5) is 21.6. The van der Waals surface area contributed by atoms with Crippen molar-refractivity contribution in [3.8, 4) is 5.75 Å². The van der Waals surface area contributed by atoms with Gasteiger partial charge in [-0.1, -0.05) is 0 Å². The number of carbonyl (C=O) groups excluding carboxylic acids is 2. The first-order valence-electron chi connectivity index (χ1n) is 3.62. The second kappa shape index (κ2) is 4.75. The third-order valence-corrected chi connectivity index (χ3v) is 2.80. The van der Waals surface area contributed by atoms with Crippen LogP contribution in [0.25, 0.3) is 0 Å². The molecular formula is C9H6ClIO3. The molecule has 0 spiro atoms. The van der Waals surface area contributed by atoms with Gasteiger partial charge in [0.25, 0.3) is 5.24 Å². The Balaban J connectivity index is 3.39. The molecule has 0 atom stereocenters. The molecule has 0 amide bonds. The monoisotopic (exact) mass is 324 g/mol. The molecule has 0 bridgehead atoms. The van der Waals surface area contributed by atoms with Crippen molar-refractivity contribution < 1.29 is 14.3 Å². The lowest BCUT2D eigenvalue weighted by atomic mass is 10.1. The molecule has 0 aromatic heterocycles. The zero-order chi connectivity index (χ0) is 10.7. The summed E-state index contributed by atoms with van der Waals surface area (Å²) in [6, 6.07) is 3.02. The van der Waals surface area contributed by atoms with Crippen LogP contribution in [0.3, 0.4) is 0 Å². The molecular weight excluding hydrogens is 318 g/mol. The normalized spacial score (nSPS) is 9.64. The van der Waals surface area contributed by atoms with Crippen molar-refractivity contribution in [2.45, 2.75) is 0 Å². The quantitative estimate of drug-likeness (QED) is 0.487. The summed E-state index contributed by atoms with van der Waals surface area (Å²) in [5, 5.41) is -0.638. The number of hydrogen-bond donors (Lipinski definition) is 0. The van der Waals surface area contributed by atoms with Crippen molar-refractivity contribution in [2.75, 3.05) is 7.11 Å². The molecule has 0 N–H and O–H groups in total. The molecule has 1 rings (SSSR count). The Morgan fingerprint density at radius 1 is 1.57 bits per heavy atom. The Morgan fingerprint density at radius 2 is 2.21 bits per heavy atom. The predicted molar refractivity (Wildman–Crippen MR) is 61.3 cm³/mol. The highest BCUT2D eigenvalue weighted by Gasteiger charge is 2.13. The molecule has 3 nitrogen and oxygen atoms in total. The predicted octanol–water partition coefficient (Wildman–Crippen LogP) is 2.49. The van der Waals surface area contributed by atoms with Gasteiger partial charge >= 0.3 is 0 Å². The maximum absolute atomic E-state index is 11.0. The maximum Gasteiger partial charge on any atom is 0.256 e. The van der Waals surface area contributed by atoms with Gasteiger partial charge in [-0.2, -0.15) is 0 Å². The smallest absolute Gasteiger partial charge is 0.256 e. The second-order valence-corrected chi connectivity index (χ2v) is 3.97. The Labute approximate surface area is 99.5 Å². The van der Waals surface area contributed by atoms with Gasteiger partial charge in [0, 0.05) is 9.13 Å². The minimum Gasteiger partial charge on any atom is -0.496 e. The van der Waals surface area contributed by atoms with E-state index >= 15 is 0 Å². The van der Waals surface area contributed by atoms with Crippen LogP contribution < -0.4 is 4.74 Å². The second-order valence-electron chi connectivity index (χ2n) is 2.47. The molecule has 1 aromatic carbocycles. The van der Waals surface area contributed by atoms with Crippen molar-refractivity contribution in [1.29, 1.82) is 0 Å². The van der Waals surface area contributed by atoms with Crippen molar-refractivity contribution >= 4 is 45.7 Å². The van der Waals surface area contributed by atoms with Gasteiger partial charge in [0.1, 0.15) is 5.75 Å². The van der Waals surface area contributed by atoms with E-state index in [0.717, 1.165) is 3.57 Å². The van der Waals surface area contributed by atoms with Crippen LogP contribution in [0.4, 0.5) is 0 Å². The lowest BCUT2D eigenvalue weighted by Crippen LogP contribution is -1.99. The summed E-state index contributed by atoms with van der Waals surface area (Å²) < 4.78 is 5.68. The van der Waals surface area contributed by atoms with Gasteiger partial charge < -0.3 is 4.74 Å². The largest absolute Gasteiger partial charge is 0.496 e. The van der Waals surface area contributed by atoms with Crippen molar-refractivity contribution in [3.05, 3.63) is 26.8 Å². The zero-order valence-corrected chi connectivity index (χ0v) is 10.1. The highest BCUT2D eigenvalue weighted by atomic mass is 127. The average molecular weight is 325 g/mol. The molecule has 0 aliphatic rings. The number of hydrogen-bond acceptors (Lipinski definition) is 3. The van der Waals surface area contributed by atoms with Gasteiger partial charge in [0.2, 0.25) is 0 Å². The van der Waals surface area contributed by atoms with Gasteiger partial charge in [-0.25, -0.2) is 0 Å². The number of methoxy groups -OCH3 is 1. The van der Waals surface area contributed by atoms with Crippen LogP contribution >= 0.6 is 34.2 Å². The van der Waals surface area contributed by atoms with E-state index in [9.17, 15) is 9.59 Å². The van der Waals surface area contributed by atoms with E-state index < -0.39 is 5.24 Å². The van der Waals surface area contributed by atoms with Crippen LogP contribution in [-0.2, 0) is 0 Å². The van der Waals surface area contributed by atoms with E-state index in [4.69, 9.17) is 16.3 Å².